The Morgan fingerprint density at radius 2 is 2.14 bits per heavy atom. The molecule has 22 heavy (non-hydrogen) atoms. The molecule has 0 unspecified atom stereocenters. The van der Waals surface area contributed by atoms with E-state index in [-0.39, 0.29) is 5.91 Å². The van der Waals surface area contributed by atoms with Crippen LogP contribution in [0.5, 0.6) is 5.75 Å². The maximum absolute atomic E-state index is 12.0. The van der Waals surface area contributed by atoms with Crippen LogP contribution in [0.1, 0.15) is 15.9 Å². The Morgan fingerprint density at radius 3 is 2.86 bits per heavy atom. The molecule has 3 rings (SSSR count). The van der Waals surface area contributed by atoms with Crippen molar-refractivity contribution in [2.24, 2.45) is 0 Å². The van der Waals surface area contributed by atoms with Gasteiger partial charge in [-0.25, -0.2) is 4.98 Å². The molecule has 2 heterocycles. The van der Waals surface area contributed by atoms with E-state index in [2.05, 4.69) is 10.3 Å². The molecule has 2 aromatic heterocycles. The van der Waals surface area contributed by atoms with E-state index in [1.54, 1.807) is 13.2 Å². The number of rotatable bonds is 4. The summed E-state index contributed by atoms with van der Waals surface area (Å²) >= 11 is 2.89. The number of carbonyl (C=O) groups is 1. The average molecular weight is 330 g/mol. The number of amides is 1. The van der Waals surface area contributed by atoms with E-state index >= 15 is 0 Å². The van der Waals surface area contributed by atoms with E-state index in [4.69, 9.17) is 4.74 Å². The van der Waals surface area contributed by atoms with Crippen molar-refractivity contribution >= 4 is 33.7 Å². The van der Waals surface area contributed by atoms with Gasteiger partial charge in [0.1, 0.15) is 5.75 Å². The lowest BCUT2D eigenvalue weighted by molar-refractivity contribution is 0.102. The third-order valence-electron chi connectivity index (χ3n) is 3.14. The molecule has 0 spiro atoms. The molecule has 1 N–H and O–H groups in total. The Hall–Kier alpha value is -2.18. The van der Waals surface area contributed by atoms with Crippen molar-refractivity contribution in [3.05, 3.63) is 51.5 Å². The Bertz CT molecular complexity index is 794. The maximum Gasteiger partial charge on any atom is 0.258 e. The molecule has 0 bridgehead atoms. The second-order valence-electron chi connectivity index (χ2n) is 4.71. The minimum absolute atomic E-state index is 0.140. The smallest absolute Gasteiger partial charge is 0.258 e. The van der Waals surface area contributed by atoms with Gasteiger partial charge in [0.15, 0.2) is 5.13 Å². The van der Waals surface area contributed by atoms with E-state index in [0.717, 1.165) is 22.6 Å². The number of anilines is 1. The van der Waals surface area contributed by atoms with Crippen LogP contribution in [0.3, 0.4) is 0 Å². The van der Waals surface area contributed by atoms with Gasteiger partial charge in [0.25, 0.3) is 5.91 Å². The molecular weight excluding hydrogens is 316 g/mol. The van der Waals surface area contributed by atoms with Crippen LogP contribution in [-0.2, 0) is 0 Å². The fourth-order valence-electron chi connectivity index (χ4n) is 2.04. The van der Waals surface area contributed by atoms with Gasteiger partial charge < -0.3 is 4.74 Å². The van der Waals surface area contributed by atoms with Crippen LogP contribution in [0.15, 0.2) is 40.4 Å². The fourth-order valence-corrected chi connectivity index (χ4v) is 3.38. The maximum atomic E-state index is 12.0. The van der Waals surface area contributed by atoms with Crippen molar-refractivity contribution in [2.75, 3.05) is 12.4 Å². The van der Waals surface area contributed by atoms with Gasteiger partial charge in [-0.2, -0.15) is 11.3 Å². The van der Waals surface area contributed by atoms with Gasteiger partial charge in [-0.15, -0.1) is 11.3 Å². The summed E-state index contributed by atoms with van der Waals surface area (Å²) in [5.74, 6) is 0.630. The predicted octanol–water partition coefficient (Wildman–Crippen LogP) is 4.44. The lowest BCUT2D eigenvalue weighted by Gasteiger charge is -2.07. The number of hydrogen-bond acceptors (Lipinski definition) is 5. The first-order valence-corrected chi connectivity index (χ1v) is 8.43. The molecule has 1 amide bonds. The summed E-state index contributed by atoms with van der Waals surface area (Å²) < 4.78 is 5.38. The van der Waals surface area contributed by atoms with Gasteiger partial charge >= 0.3 is 0 Å². The number of thiazole rings is 1. The molecule has 0 fully saturated rings. The number of nitrogens with zero attached hydrogens (tertiary/aromatic N) is 1. The summed E-state index contributed by atoms with van der Waals surface area (Å²) in [6.45, 7) is 2.02. The summed E-state index contributed by atoms with van der Waals surface area (Å²) in [7, 11) is 1.64. The molecule has 3 aromatic rings. The largest absolute Gasteiger partial charge is 0.496 e. The third kappa shape index (κ3) is 3.03. The summed E-state index contributed by atoms with van der Waals surface area (Å²) in [6, 6.07) is 7.73. The normalized spacial score (nSPS) is 10.5. The molecule has 112 valence electrons. The van der Waals surface area contributed by atoms with E-state index in [1.165, 1.54) is 22.7 Å². The van der Waals surface area contributed by atoms with Gasteiger partial charge in [0, 0.05) is 16.3 Å². The first-order chi connectivity index (χ1) is 10.7. The number of methoxy groups -OCH3 is 1. The molecule has 0 atom stereocenters. The standard InChI is InChI=1S/C16H14N2O2S2/c1-10-3-4-14(20-2)12(7-10)13-9-22-16(17-13)18-15(19)11-5-6-21-8-11/h3-9H,1-2H3,(H,17,18,19). The number of aryl methyl sites for hydroxylation is 1. The van der Waals surface area contributed by atoms with E-state index < -0.39 is 0 Å². The summed E-state index contributed by atoms with van der Waals surface area (Å²) in [5, 5.41) is 9.00. The SMILES string of the molecule is COc1ccc(C)cc1-c1csc(NC(=O)c2ccsc2)n1. The second kappa shape index (κ2) is 6.29. The quantitative estimate of drug-likeness (QED) is 0.769. The number of hydrogen-bond donors (Lipinski definition) is 1. The highest BCUT2D eigenvalue weighted by Gasteiger charge is 2.13. The van der Waals surface area contributed by atoms with Gasteiger partial charge in [-0.1, -0.05) is 11.6 Å². The van der Waals surface area contributed by atoms with E-state index in [1.807, 2.05) is 41.3 Å². The molecule has 0 saturated carbocycles. The first-order valence-electron chi connectivity index (χ1n) is 6.61. The Morgan fingerprint density at radius 1 is 1.27 bits per heavy atom. The van der Waals surface area contributed by atoms with Crippen LogP contribution in [0, 0.1) is 6.92 Å². The zero-order valence-electron chi connectivity index (χ0n) is 12.1. The average Bonchev–Trinajstić information content (AvgIpc) is 3.18. The van der Waals surface area contributed by atoms with E-state index in [0.29, 0.717) is 10.7 Å². The zero-order valence-corrected chi connectivity index (χ0v) is 13.8. The van der Waals surface area contributed by atoms with Crippen LogP contribution in [0.25, 0.3) is 11.3 Å². The molecule has 0 aliphatic rings. The molecule has 4 nitrogen and oxygen atoms in total. The number of nitrogens with one attached hydrogen (secondary N) is 1. The number of ether oxygens (including phenoxy) is 1. The summed E-state index contributed by atoms with van der Waals surface area (Å²) in [5.41, 5.74) is 3.50. The van der Waals surface area contributed by atoms with E-state index in [9.17, 15) is 4.79 Å². The number of benzene rings is 1. The Kier molecular flexibility index (Phi) is 4.22. The third-order valence-corrected chi connectivity index (χ3v) is 4.58. The summed E-state index contributed by atoms with van der Waals surface area (Å²) in [6.07, 6.45) is 0. The van der Waals surface area contributed by atoms with Gasteiger partial charge in [-0.05, 0) is 30.5 Å². The minimum atomic E-state index is -0.140. The van der Waals surface area contributed by atoms with Gasteiger partial charge in [0.05, 0.1) is 18.4 Å². The van der Waals surface area contributed by atoms with Gasteiger partial charge in [0.2, 0.25) is 0 Å². The molecule has 1 aromatic carbocycles. The number of carbonyl (C=O) groups excluding carboxylic acids is 1. The lowest BCUT2D eigenvalue weighted by Crippen LogP contribution is -2.10. The highest BCUT2D eigenvalue weighted by atomic mass is 32.1. The second-order valence-corrected chi connectivity index (χ2v) is 6.35. The predicted molar refractivity (Wildman–Crippen MR) is 91.1 cm³/mol. The molecule has 6 heteroatoms. The Balaban J connectivity index is 1.85. The van der Waals surface area contributed by atoms with Crippen LogP contribution in [0.2, 0.25) is 0 Å². The van der Waals surface area contributed by atoms with Gasteiger partial charge in [-0.3, -0.25) is 10.1 Å². The summed E-state index contributed by atoms with van der Waals surface area (Å²) in [4.78, 5) is 16.5. The highest BCUT2D eigenvalue weighted by Crippen LogP contribution is 2.33. The van der Waals surface area contributed by atoms with Crippen molar-refractivity contribution < 1.29 is 9.53 Å². The van der Waals surface area contributed by atoms with Crippen LogP contribution < -0.4 is 10.1 Å². The topological polar surface area (TPSA) is 51.2 Å². The van der Waals surface area contributed by atoms with Crippen molar-refractivity contribution in [3.63, 3.8) is 0 Å². The molecular formula is C16H14N2O2S2. The fraction of sp³-hybridized carbons (Fsp3) is 0.125. The Labute approximate surface area is 136 Å². The van der Waals surface area contributed by atoms with Crippen molar-refractivity contribution in [3.8, 4) is 17.0 Å². The van der Waals surface area contributed by atoms with Crippen LogP contribution in [0.4, 0.5) is 5.13 Å². The van der Waals surface area contributed by atoms with Crippen LogP contribution >= 0.6 is 22.7 Å². The highest BCUT2D eigenvalue weighted by molar-refractivity contribution is 7.14. The molecule has 0 saturated heterocycles. The van der Waals surface area contributed by atoms with Crippen molar-refractivity contribution in [2.45, 2.75) is 6.92 Å². The molecule has 0 aliphatic heterocycles. The molecule has 0 aliphatic carbocycles. The van der Waals surface area contributed by atoms with Crippen molar-refractivity contribution in [1.82, 2.24) is 4.98 Å². The lowest BCUT2D eigenvalue weighted by atomic mass is 10.1. The zero-order chi connectivity index (χ0) is 15.5. The number of thiophene rings is 1. The molecule has 0 radical (unpaired) electrons. The van der Waals surface area contributed by atoms with Crippen molar-refractivity contribution in [1.29, 1.82) is 0 Å². The van der Waals surface area contributed by atoms with Crippen LogP contribution in [-0.4, -0.2) is 18.0 Å². The monoisotopic (exact) mass is 330 g/mol. The minimum Gasteiger partial charge on any atom is -0.496 e. The first kappa shape index (κ1) is 14.7. The number of aromatic nitrogens is 1.